The van der Waals surface area contributed by atoms with Gasteiger partial charge in [-0.25, -0.2) is 0 Å². The van der Waals surface area contributed by atoms with E-state index in [9.17, 15) is 9.59 Å². The van der Waals surface area contributed by atoms with Gasteiger partial charge in [0.05, 0.1) is 20.6 Å². The molecule has 7 nitrogen and oxygen atoms in total. The SMILES string of the molecule is COc1c(C)c(-c2ccc(NC3CCCCC3)cc2)c(OC)c(C)c1C=C(C)C(=O)NCCC(=O)O. The minimum atomic E-state index is -0.955. The van der Waals surface area contributed by atoms with Crippen LogP contribution < -0.4 is 20.1 Å². The molecule has 36 heavy (non-hydrogen) atoms. The Morgan fingerprint density at radius 1 is 1.00 bits per heavy atom. The molecule has 0 bridgehead atoms. The van der Waals surface area contributed by atoms with E-state index in [1.165, 1.54) is 32.1 Å². The number of benzene rings is 2. The maximum Gasteiger partial charge on any atom is 0.305 e. The first kappa shape index (κ1) is 27.1. The molecule has 0 atom stereocenters. The maximum absolute atomic E-state index is 12.5. The van der Waals surface area contributed by atoms with Crippen molar-refractivity contribution in [3.8, 4) is 22.6 Å². The van der Waals surface area contributed by atoms with Crippen molar-refractivity contribution in [1.29, 1.82) is 0 Å². The van der Waals surface area contributed by atoms with Crippen LogP contribution in [0.5, 0.6) is 11.5 Å². The number of carboxylic acids is 1. The van der Waals surface area contributed by atoms with Gasteiger partial charge < -0.3 is 25.2 Å². The van der Waals surface area contributed by atoms with Crippen molar-refractivity contribution in [3.05, 3.63) is 46.5 Å². The van der Waals surface area contributed by atoms with Crippen molar-refractivity contribution in [2.45, 2.75) is 65.3 Å². The summed E-state index contributed by atoms with van der Waals surface area (Å²) in [5.41, 5.74) is 6.09. The highest BCUT2D eigenvalue weighted by Crippen LogP contribution is 2.45. The van der Waals surface area contributed by atoms with Gasteiger partial charge in [0.25, 0.3) is 0 Å². The first-order chi connectivity index (χ1) is 17.3. The zero-order chi connectivity index (χ0) is 26.2. The van der Waals surface area contributed by atoms with Gasteiger partial charge in [0.15, 0.2) is 0 Å². The lowest BCUT2D eigenvalue weighted by molar-refractivity contribution is -0.136. The molecular formula is C29H38N2O5. The van der Waals surface area contributed by atoms with Gasteiger partial charge in [0.1, 0.15) is 11.5 Å². The smallest absolute Gasteiger partial charge is 0.305 e. The van der Waals surface area contributed by atoms with Crippen molar-refractivity contribution in [3.63, 3.8) is 0 Å². The van der Waals surface area contributed by atoms with Crippen LogP contribution in [0, 0.1) is 13.8 Å². The number of amides is 1. The lowest BCUT2D eigenvalue weighted by Crippen LogP contribution is -2.26. The number of carbonyl (C=O) groups is 2. The maximum atomic E-state index is 12.5. The van der Waals surface area contributed by atoms with E-state index in [2.05, 4.69) is 34.9 Å². The van der Waals surface area contributed by atoms with E-state index in [-0.39, 0.29) is 18.9 Å². The molecule has 1 fully saturated rings. The molecule has 0 aliphatic heterocycles. The third-order valence-electron chi connectivity index (χ3n) is 6.83. The summed E-state index contributed by atoms with van der Waals surface area (Å²) >= 11 is 0. The molecule has 1 amide bonds. The number of nitrogens with one attached hydrogen (secondary N) is 2. The normalized spacial score (nSPS) is 14.3. The highest BCUT2D eigenvalue weighted by atomic mass is 16.5. The van der Waals surface area contributed by atoms with Gasteiger partial charge in [-0.2, -0.15) is 0 Å². The summed E-state index contributed by atoms with van der Waals surface area (Å²) < 4.78 is 11.7. The Bertz CT molecular complexity index is 1120. The fourth-order valence-electron chi connectivity index (χ4n) is 4.93. The Labute approximate surface area is 213 Å². The summed E-state index contributed by atoms with van der Waals surface area (Å²) in [6.07, 6.45) is 7.98. The van der Waals surface area contributed by atoms with Crippen molar-refractivity contribution >= 4 is 23.6 Å². The molecule has 2 aromatic carbocycles. The summed E-state index contributed by atoms with van der Waals surface area (Å²) in [4.78, 5) is 23.2. The van der Waals surface area contributed by atoms with Gasteiger partial charge in [-0.1, -0.05) is 31.4 Å². The van der Waals surface area contributed by atoms with Crippen LogP contribution in [0.1, 0.15) is 62.1 Å². The molecule has 1 saturated carbocycles. The number of hydrogen-bond donors (Lipinski definition) is 3. The summed E-state index contributed by atoms with van der Waals surface area (Å²) in [5, 5.41) is 15.1. The number of carboxylic acid groups (broad SMARTS) is 1. The van der Waals surface area contributed by atoms with E-state index < -0.39 is 5.97 Å². The molecule has 2 aromatic rings. The number of methoxy groups -OCH3 is 2. The van der Waals surface area contributed by atoms with E-state index in [4.69, 9.17) is 14.6 Å². The molecular weight excluding hydrogens is 456 g/mol. The van der Waals surface area contributed by atoms with Crippen molar-refractivity contribution in [2.75, 3.05) is 26.1 Å². The molecule has 0 radical (unpaired) electrons. The largest absolute Gasteiger partial charge is 0.496 e. The minimum Gasteiger partial charge on any atom is -0.496 e. The number of anilines is 1. The number of carbonyl (C=O) groups excluding carboxylic acids is 1. The van der Waals surface area contributed by atoms with Crippen molar-refractivity contribution in [1.82, 2.24) is 5.32 Å². The molecule has 194 valence electrons. The quantitative estimate of drug-likeness (QED) is 0.365. The number of rotatable bonds is 10. The first-order valence-electron chi connectivity index (χ1n) is 12.6. The Balaban J connectivity index is 1.94. The second-order valence-electron chi connectivity index (χ2n) is 9.39. The van der Waals surface area contributed by atoms with E-state index >= 15 is 0 Å². The molecule has 0 heterocycles. The fourth-order valence-corrected chi connectivity index (χ4v) is 4.93. The average Bonchev–Trinajstić information content (AvgIpc) is 2.87. The molecule has 0 spiro atoms. The van der Waals surface area contributed by atoms with Crippen LogP contribution in [0.4, 0.5) is 5.69 Å². The van der Waals surface area contributed by atoms with Gasteiger partial charge in [-0.3, -0.25) is 9.59 Å². The fraction of sp³-hybridized carbons (Fsp3) is 0.448. The minimum absolute atomic E-state index is 0.0718. The second-order valence-corrected chi connectivity index (χ2v) is 9.39. The van der Waals surface area contributed by atoms with Crippen molar-refractivity contribution in [2.24, 2.45) is 0 Å². The number of ether oxygens (including phenoxy) is 2. The van der Waals surface area contributed by atoms with Crippen LogP contribution >= 0.6 is 0 Å². The first-order valence-corrected chi connectivity index (χ1v) is 12.6. The zero-order valence-electron chi connectivity index (χ0n) is 22.0. The zero-order valence-corrected chi connectivity index (χ0v) is 22.0. The highest BCUT2D eigenvalue weighted by Gasteiger charge is 2.22. The molecule has 0 saturated heterocycles. The molecule has 0 aromatic heterocycles. The highest BCUT2D eigenvalue weighted by molar-refractivity contribution is 5.98. The van der Waals surface area contributed by atoms with E-state index in [0.717, 1.165) is 39.3 Å². The molecule has 7 heteroatoms. The van der Waals surface area contributed by atoms with Gasteiger partial charge in [-0.15, -0.1) is 0 Å². The Hall–Kier alpha value is -3.48. The molecule has 3 N–H and O–H groups in total. The van der Waals surface area contributed by atoms with Crippen LogP contribution in [0.15, 0.2) is 29.8 Å². The lowest BCUT2D eigenvalue weighted by Gasteiger charge is -2.24. The third kappa shape index (κ3) is 6.39. The standard InChI is InChI=1S/C29H38N2O5/c1-18(29(34)30-16-15-25(32)33)17-24-19(2)28(36-5)26(20(3)27(24)35-4)21-11-13-23(14-12-21)31-22-9-7-6-8-10-22/h11-14,17,22,31H,6-10,15-16H2,1-5H3,(H,30,34)(H,32,33). The van der Waals surface area contributed by atoms with Crippen LogP contribution in [0.2, 0.25) is 0 Å². The van der Waals surface area contributed by atoms with Crippen molar-refractivity contribution < 1.29 is 24.2 Å². The predicted molar refractivity (Wildman–Crippen MR) is 144 cm³/mol. The second kappa shape index (κ2) is 12.5. The van der Waals surface area contributed by atoms with Crippen LogP contribution in [0.25, 0.3) is 17.2 Å². The van der Waals surface area contributed by atoms with E-state index in [0.29, 0.717) is 17.4 Å². The third-order valence-corrected chi connectivity index (χ3v) is 6.83. The monoisotopic (exact) mass is 494 g/mol. The molecule has 1 aliphatic carbocycles. The van der Waals surface area contributed by atoms with Crippen LogP contribution in [0.3, 0.4) is 0 Å². The Morgan fingerprint density at radius 2 is 1.64 bits per heavy atom. The average molecular weight is 495 g/mol. The van der Waals surface area contributed by atoms with Gasteiger partial charge >= 0.3 is 5.97 Å². The number of aliphatic carboxylic acids is 1. The van der Waals surface area contributed by atoms with E-state index in [1.807, 2.05) is 13.8 Å². The lowest BCUT2D eigenvalue weighted by atomic mass is 9.91. The van der Waals surface area contributed by atoms with Crippen LogP contribution in [-0.2, 0) is 9.59 Å². The summed E-state index contributed by atoms with van der Waals surface area (Å²) in [6, 6.07) is 8.98. The van der Waals surface area contributed by atoms with Gasteiger partial charge in [-0.05, 0) is 57.4 Å². The Kier molecular flexibility index (Phi) is 9.39. The number of hydrogen-bond acceptors (Lipinski definition) is 5. The van der Waals surface area contributed by atoms with Gasteiger partial charge in [0.2, 0.25) is 5.91 Å². The molecule has 1 aliphatic rings. The predicted octanol–water partition coefficient (Wildman–Crippen LogP) is 5.73. The summed E-state index contributed by atoms with van der Waals surface area (Å²) in [6.45, 7) is 5.71. The Morgan fingerprint density at radius 3 is 2.22 bits per heavy atom. The van der Waals surface area contributed by atoms with E-state index in [1.54, 1.807) is 27.2 Å². The summed E-state index contributed by atoms with van der Waals surface area (Å²) in [5.74, 6) is 0.125. The van der Waals surface area contributed by atoms with Crippen LogP contribution in [-0.4, -0.2) is 43.8 Å². The molecule has 3 rings (SSSR count). The molecule has 0 unspecified atom stereocenters. The van der Waals surface area contributed by atoms with Gasteiger partial charge in [0, 0.05) is 46.1 Å². The summed E-state index contributed by atoms with van der Waals surface area (Å²) in [7, 11) is 3.27. The topological polar surface area (TPSA) is 96.9 Å².